The average molecular weight is 386 g/mol. The smallest absolute Gasteiger partial charge is 0.243 e. The van der Waals surface area contributed by atoms with Crippen molar-refractivity contribution < 1.29 is 27.5 Å². The molecule has 0 spiro atoms. The molecule has 0 fully saturated rings. The molecule has 1 aromatic carbocycles. The van der Waals surface area contributed by atoms with E-state index in [1.54, 1.807) is 0 Å². The SMILES string of the molecule is COCCN(CCOC)C(=O)CN(C)S(=O)(=O)c1ccc(C(C)=O)cc1. The van der Waals surface area contributed by atoms with Gasteiger partial charge in [-0.3, -0.25) is 9.59 Å². The predicted molar refractivity (Wildman–Crippen MR) is 96.6 cm³/mol. The summed E-state index contributed by atoms with van der Waals surface area (Å²) in [5.41, 5.74) is 0.424. The Morgan fingerprint density at radius 2 is 1.50 bits per heavy atom. The number of carbonyl (C=O) groups is 2. The van der Waals surface area contributed by atoms with Crippen LogP contribution in [0.3, 0.4) is 0 Å². The molecule has 8 nitrogen and oxygen atoms in total. The van der Waals surface area contributed by atoms with Crippen LogP contribution in [0.1, 0.15) is 17.3 Å². The molecule has 0 saturated heterocycles. The molecule has 0 N–H and O–H groups in total. The molecule has 0 saturated carbocycles. The number of sulfonamides is 1. The van der Waals surface area contributed by atoms with E-state index in [2.05, 4.69) is 0 Å². The number of ether oxygens (including phenoxy) is 2. The maximum atomic E-state index is 12.6. The van der Waals surface area contributed by atoms with Crippen LogP contribution in [0.25, 0.3) is 0 Å². The van der Waals surface area contributed by atoms with E-state index in [9.17, 15) is 18.0 Å². The third-order valence-electron chi connectivity index (χ3n) is 3.81. The van der Waals surface area contributed by atoms with Crippen molar-refractivity contribution in [3.8, 4) is 0 Å². The number of nitrogens with zero attached hydrogens (tertiary/aromatic N) is 2. The summed E-state index contributed by atoms with van der Waals surface area (Å²) in [6.45, 7) is 2.49. The first kappa shape index (κ1) is 22.2. The van der Waals surface area contributed by atoms with Gasteiger partial charge in [0.25, 0.3) is 0 Å². The quantitative estimate of drug-likeness (QED) is 0.518. The van der Waals surface area contributed by atoms with Gasteiger partial charge in [0.1, 0.15) is 0 Å². The van der Waals surface area contributed by atoms with Crippen molar-refractivity contribution in [1.82, 2.24) is 9.21 Å². The lowest BCUT2D eigenvalue weighted by molar-refractivity contribution is -0.132. The Morgan fingerprint density at radius 1 is 1.00 bits per heavy atom. The highest BCUT2D eigenvalue weighted by molar-refractivity contribution is 7.89. The number of ketones is 1. The van der Waals surface area contributed by atoms with Gasteiger partial charge in [-0.2, -0.15) is 4.31 Å². The van der Waals surface area contributed by atoms with Crippen molar-refractivity contribution in [3.63, 3.8) is 0 Å². The maximum absolute atomic E-state index is 12.6. The zero-order valence-electron chi connectivity index (χ0n) is 15.6. The third-order valence-corrected chi connectivity index (χ3v) is 5.63. The minimum atomic E-state index is -3.84. The van der Waals surface area contributed by atoms with E-state index in [1.807, 2.05) is 0 Å². The number of hydrogen-bond donors (Lipinski definition) is 0. The highest BCUT2D eigenvalue weighted by atomic mass is 32.2. The second-order valence-electron chi connectivity index (χ2n) is 5.71. The Balaban J connectivity index is 2.86. The molecule has 9 heteroatoms. The highest BCUT2D eigenvalue weighted by Crippen LogP contribution is 2.15. The van der Waals surface area contributed by atoms with Gasteiger partial charge in [0.05, 0.1) is 24.7 Å². The van der Waals surface area contributed by atoms with E-state index in [0.717, 1.165) is 4.31 Å². The van der Waals surface area contributed by atoms with Gasteiger partial charge in [-0.15, -0.1) is 0 Å². The molecule has 0 bridgehead atoms. The Kier molecular flexibility index (Phi) is 8.86. The Hall–Kier alpha value is -1.81. The lowest BCUT2D eigenvalue weighted by Gasteiger charge is -2.25. The topological polar surface area (TPSA) is 93.2 Å². The molecule has 146 valence electrons. The zero-order chi connectivity index (χ0) is 19.7. The summed E-state index contributed by atoms with van der Waals surface area (Å²) in [6.07, 6.45) is 0. The summed E-state index contributed by atoms with van der Waals surface area (Å²) in [7, 11) is 0.561. The van der Waals surface area contributed by atoms with E-state index in [1.165, 1.54) is 57.4 Å². The molecule has 0 atom stereocenters. The van der Waals surface area contributed by atoms with Crippen LogP contribution in [0.4, 0.5) is 0 Å². The summed E-state index contributed by atoms with van der Waals surface area (Å²) >= 11 is 0. The summed E-state index contributed by atoms with van der Waals surface area (Å²) in [5, 5.41) is 0. The maximum Gasteiger partial charge on any atom is 0.243 e. The van der Waals surface area contributed by atoms with Gasteiger partial charge >= 0.3 is 0 Å². The Morgan fingerprint density at radius 3 is 1.92 bits per heavy atom. The van der Waals surface area contributed by atoms with Crippen molar-refractivity contribution >= 4 is 21.7 Å². The minimum absolute atomic E-state index is 0.0260. The highest BCUT2D eigenvalue weighted by Gasteiger charge is 2.25. The first-order chi connectivity index (χ1) is 12.2. The molecule has 0 radical (unpaired) electrons. The molecule has 0 unspecified atom stereocenters. The van der Waals surface area contributed by atoms with E-state index < -0.39 is 10.0 Å². The van der Waals surface area contributed by atoms with Gasteiger partial charge in [-0.05, 0) is 19.1 Å². The number of benzene rings is 1. The number of methoxy groups -OCH3 is 2. The van der Waals surface area contributed by atoms with Gasteiger partial charge in [-0.1, -0.05) is 12.1 Å². The lowest BCUT2D eigenvalue weighted by atomic mass is 10.2. The van der Waals surface area contributed by atoms with E-state index in [0.29, 0.717) is 31.9 Å². The Labute approximate surface area is 154 Å². The van der Waals surface area contributed by atoms with Crippen LogP contribution in [0.2, 0.25) is 0 Å². The third kappa shape index (κ3) is 6.17. The standard InChI is InChI=1S/C17H26N2O6S/c1-14(20)15-5-7-16(8-6-15)26(22,23)18(2)13-17(21)19(9-11-24-3)10-12-25-4/h5-8H,9-13H2,1-4H3. The summed E-state index contributed by atoms with van der Waals surface area (Å²) in [4.78, 5) is 25.3. The molecule has 0 aromatic heterocycles. The van der Waals surface area contributed by atoms with E-state index in [-0.39, 0.29) is 23.1 Å². The van der Waals surface area contributed by atoms with Gasteiger partial charge in [0, 0.05) is 39.9 Å². The minimum Gasteiger partial charge on any atom is -0.383 e. The number of Topliss-reactive ketones (excluding diaryl/α,β-unsaturated/α-hetero) is 1. The summed E-state index contributed by atoms with van der Waals surface area (Å²) in [5.74, 6) is -0.491. The average Bonchev–Trinajstić information content (AvgIpc) is 2.61. The first-order valence-corrected chi connectivity index (χ1v) is 9.51. The fraction of sp³-hybridized carbons (Fsp3) is 0.529. The van der Waals surface area contributed by atoms with Crippen molar-refractivity contribution in [2.45, 2.75) is 11.8 Å². The van der Waals surface area contributed by atoms with Gasteiger partial charge in [0.2, 0.25) is 15.9 Å². The van der Waals surface area contributed by atoms with Crippen LogP contribution >= 0.6 is 0 Å². The van der Waals surface area contributed by atoms with Crippen molar-refractivity contribution in [2.24, 2.45) is 0 Å². The number of carbonyl (C=O) groups excluding carboxylic acids is 2. The van der Waals surface area contributed by atoms with Crippen LogP contribution < -0.4 is 0 Å². The molecular formula is C17H26N2O6S. The molecule has 1 rings (SSSR count). The van der Waals surface area contributed by atoms with Crippen molar-refractivity contribution in [1.29, 1.82) is 0 Å². The van der Waals surface area contributed by atoms with Crippen LogP contribution in [0, 0.1) is 0 Å². The van der Waals surface area contributed by atoms with Gasteiger partial charge in [0.15, 0.2) is 5.78 Å². The first-order valence-electron chi connectivity index (χ1n) is 8.07. The zero-order valence-corrected chi connectivity index (χ0v) is 16.4. The molecule has 0 aliphatic carbocycles. The normalized spacial score (nSPS) is 11.6. The van der Waals surface area contributed by atoms with Gasteiger partial charge in [-0.25, -0.2) is 8.42 Å². The van der Waals surface area contributed by atoms with E-state index in [4.69, 9.17) is 9.47 Å². The second-order valence-corrected chi connectivity index (χ2v) is 7.75. The molecule has 1 aromatic rings. The Bertz CT molecular complexity index is 694. The molecule has 0 aliphatic heterocycles. The van der Waals surface area contributed by atoms with Crippen molar-refractivity contribution in [3.05, 3.63) is 29.8 Å². The monoisotopic (exact) mass is 386 g/mol. The van der Waals surface area contributed by atoms with Crippen LogP contribution in [0.15, 0.2) is 29.2 Å². The fourth-order valence-corrected chi connectivity index (χ4v) is 3.30. The van der Waals surface area contributed by atoms with Crippen LogP contribution in [0.5, 0.6) is 0 Å². The van der Waals surface area contributed by atoms with Crippen LogP contribution in [-0.2, 0) is 24.3 Å². The molecule has 26 heavy (non-hydrogen) atoms. The van der Waals surface area contributed by atoms with Crippen molar-refractivity contribution in [2.75, 3.05) is 54.1 Å². The number of rotatable bonds is 11. The lowest BCUT2D eigenvalue weighted by Crippen LogP contribution is -2.43. The molecule has 1 amide bonds. The second kappa shape index (κ2) is 10.4. The summed E-state index contributed by atoms with van der Waals surface area (Å²) in [6, 6.07) is 5.63. The molecule has 0 aliphatic rings. The number of amides is 1. The van der Waals surface area contributed by atoms with Crippen LogP contribution in [-0.4, -0.2) is 83.4 Å². The van der Waals surface area contributed by atoms with Gasteiger partial charge < -0.3 is 14.4 Å². The largest absolute Gasteiger partial charge is 0.383 e. The molecule has 0 heterocycles. The fourth-order valence-electron chi connectivity index (χ4n) is 2.18. The predicted octanol–water partition coefficient (Wildman–Crippen LogP) is 0.631. The number of hydrogen-bond acceptors (Lipinski definition) is 6. The summed E-state index contributed by atoms with van der Waals surface area (Å²) < 4.78 is 36.2. The molecular weight excluding hydrogens is 360 g/mol. The van der Waals surface area contributed by atoms with E-state index >= 15 is 0 Å². The number of likely N-dealkylation sites (N-methyl/N-ethyl adjacent to an activating group) is 1.